The Bertz CT molecular complexity index is 516. The maximum Gasteiger partial charge on any atom is 0.107 e. The van der Waals surface area contributed by atoms with E-state index in [1.165, 1.54) is 16.3 Å². The van der Waals surface area contributed by atoms with Gasteiger partial charge in [-0.1, -0.05) is 6.92 Å². The minimum atomic E-state index is 0.921. The maximum absolute atomic E-state index is 4.59. The molecule has 0 unspecified atom stereocenters. The van der Waals surface area contributed by atoms with Crippen LogP contribution in [-0.2, 0) is 19.6 Å². The Labute approximate surface area is 119 Å². The molecule has 0 radical (unpaired) electrons. The van der Waals surface area contributed by atoms with E-state index in [1.54, 1.807) is 11.3 Å². The summed E-state index contributed by atoms with van der Waals surface area (Å²) in [6.45, 7) is 12.4. The molecule has 0 aliphatic carbocycles. The highest BCUT2D eigenvalue weighted by molar-refractivity contribution is 7.09. The Morgan fingerprint density at radius 1 is 1.26 bits per heavy atom. The minimum absolute atomic E-state index is 0.921. The molecule has 0 saturated heterocycles. The van der Waals surface area contributed by atoms with Crippen molar-refractivity contribution in [2.75, 3.05) is 6.54 Å². The molecular formula is C14H22N4S. The number of hydrogen-bond acceptors (Lipinski definition) is 4. The Morgan fingerprint density at radius 3 is 2.58 bits per heavy atom. The summed E-state index contributed by atoms with van der Waals surface area (Å²) in [7, 11) is 0. The number of aryl methyl sites for hydroxylation is 2. The van der Waals surface area contributed by atoms with Gasteiger partial charge in [-0.05, 0) is 27.3 Å². The van der Waals surface area contributed by atoms with E-state index in [9.17, 15) is 0 Å². The van der Waals surface area contributed by atoms with Crippen molar-refractivity contribution in [3.05, 3.63) is 33.5 Å². The predicted molar refractivity (Wildman–Crippen MR) is 79.3 cm³/mol. The average Bonchev–Trinajstić information content (AvgIpc) is 3.00. The first kappa shape index (κ1) is 14.2. The zero-order valence-corrected chi connectivity index (χ0v) is 13.0. The van der Waals surface area contributed by atoms with E-state index in [2.05, 4.69) is 47.4 Å². The second kappa shape index (κ2) is 6.30. The largest absolute Gasteiger partial charge is 0.293 e. The molecule has 104 valence electrons. The van der Waals surface area contributed by atoms with Crippen molar-refractivity contribution < 1.29 is 0 Å². The molecule has 19 heavy (non-hydrogen) atoms. The van der Waals surface area contributed by atoms with E-state index in [0.29, 0.717) is 0 Å². The molecule has 2 aromatic rings. The van der Waals surface area contributed by atoms with Gasteiger partial charge >= 0.3 is 0 Å². The zero-order chi connectivity index (χ0) is 13.8. The monoisotopic (exact) mass is 278 g/mol. The molecule has 2 aromatic heterocycles. The SMILES string of the molecule is CCN(Cc1nccs1)Cc1c(C)nn(CC)c1C. The highest BCUT2D eigenvalue weighted by atomic mass is 32.1. The molecule has 0 saturated carbocycles. The molecule has 0 atom stereocenters. The normalized spacial score (nSPS) is 11.4. The molecule has 0 amide bonds. The Hall–Kier alpha value is -1.20. The van der Waals surface area contributed by atoms with Crippen molar-refractivity contribution in [3.8, 4) is 0 Å². The third-order valence-electron chi connectivity index (χ3n) is 3.50. The Kier molecular flexibility index (Phi) is 4.71. The Morgan fingerprint density at radius 2 is 2.05 bits per heavy atom. The third-order valence-corrected chi connectivity index (χ3v) is 4.27. The second-order valence-corrected chi connectivity index (χ2v) is 5.67. The molecule has 0 N–H and O–H groups in total. The van der Waals surface area contributed by atoms with Crippen molar-refractivity contribution in [1.29, 1.82) is 0 Å². The summed E-state index contributed by atoms with van der Waals surface area (Å²) in [5.41, 5.74) is 3.80. The van der Waals surface area contributed by atoms with E-state index < -0.39 is 0 Å². The lowest BCUT2D eigenvalue weighted by Gasteiger charge is -2.19. The summed E-state index contributed by atoms with van der Waals surface area (Å²) >= 11 is 1.72. The summed E-state index contributed by atoms with van der Waals surface area (Å²) in [5, 5.41) is 7.81. The molecule has 0 aromatic carbocycles. The van der Waals surface area contributed by atoms with Crippen LogP contribution in [0.4, 0.5) is 0 Å². The fourth-order valence-electron chi connectivity index (χ4n) is 2.30. The summed E-state index contributed by atoms with van der Waals surface area (Å²) in [4.78, 5) is 6.78. The van der Waals surface area contributed by atoms with Crippen molar-refractivity contribution in [1.82, 2.24) is 19.7 Å². The number of rotatable bonds is 6. The minimum Gasteiger partial charge on any atom is -0.293 e. The first-order valence-electron chi connectivity index (χ1n) is 6.79. The van der Waals surface area contributed by atoms with Crippen molar-refractivity contribution in [3.63, 3.8) is 0 Å². The Balaban J connectivity index is 2.12. The van der Waals surface area contributed by atoms with Crippen LogP contribution in [0.1, 0.15) is 35.8 Å². The number of aromatic nitrogens is 3. The van der Waals surface area contributed by atoms with Gasteiger partial charge in [0.15, 0.2) is 0 Å². The van der Waals surface area contributed by atoms with Gasteiger partial charge in [-0.15, -0.1) is 11.3 Å². The van der Waals surface area contributed by atoms with Crippen LogP contribution in [-0.4, -0.2) is 26.2 Å². The van der Waals surface area contributed by atoms with Gasteiger partial charge in [0.05, 0.1) is 12.2 Å². The second-order valence-electron chi connectivity index (χ2n) is 4.69. The van der Waals surface area contributed by atoms with Crippen LogP contribution in [0.5, 0.6) is 0 Å². The molecule has 0 bridgehead atoms. The summed E-state index contributed by atoms with van der Waals surface area (Å²) in [5.74, 6) is 0. The molecule has 2 heterocycles. The molecule has 0 spiro atoms. The lowest BCUT2D eigenvalue weighted by molar-refractivity contribution is 0.270. The third kappa shape index (κ3) is 3.22. The van der Waals surface area contributed by atoms with Crippen LogP contribution in [0.15, 0.2) is 11.6 Å². The van der Waals surface area contributed by atoms with Crippen LogP contribution < -0.4 is 0 Å². The van der Waals surface area contributed by atoms with E-state index >= 15 is 0 Å². The summed E-state index contributed by atoms with van der Waals surface area (Å²) < 4.78 is 2.09. The number of nitrogens with zero attached hydrogens (tertiary/aromatic N) is 4. The lowest BCUT2D eigenvalue weighted by atomic mass is 10.2. The predicted octanol–water partition coefficient (Wildman–Crippen LogP) is 3.00. The first-order chi connectivity index (χ1) is 9.15. The molecule has 4 nitrogen and oxygen atoms in total. The summed E-state index contributed by atoms with van der Waals surface area (Å²) in [6, 6.07) is 0. The fraction of sp³-hybridized carbons (Fsp3) is 0.571. The van der Waals surface area contributed by atoms with Gasteiger partial charge in [0.2, 0.25) is 0 Å². The van der Waals surface area contributed by atoms with Crippen molar-refractivity contribution >= 4 is 11.3 Å². The van der Waals surface area contributed by atoms with Crippen molar-refractivity contribution in [2.45, 2.75) is 47.3 Å². The molecule has 5 heteroatoms. The van der Waals surface area contributed by atoms with E-state index in [1.807, 2.05) is 11.6 Å². The van der Waals surface area contributed by atoms with Gasteiger partial charge in [-0.25, -0.2) is 4.98 Å². The van der Waals surface area contributed by atoms with Gasteiger partial charge in [-0.2, -0.15) is 5.10 Å². The highest BCUT2D eigenvalue weighted by Gasteiger charge is 2.14. The van der Waals surface area contributed by atoms with Gasteiger partial charge in [0.25, 0.3) is 0 Å². The van der Waals surface area contributed by atoms with Crippen LogP contribution >= 0.6 is 11.3 Å². The number of thiazole rings is 1. The zero-order valence-electron chi connectivity index (χ0n) is 12.2. The first-order valence-corrected chi connectivity index (χ1v) is 7.67. The van der Waals surface area contributed by atoms with Gasteiger partial charge in [-0.3, -0.25) is 9.58 Å². The lowest BCUT2D eigenvalue weighted by Crippen LogP contribution is -2.23. The summed E-state index contributed by atoms with van der Waals surface area (Å²) in [6.07, 6.45) is 1.87. The van der Waals surface area contributed by atoms with Gasteiger partial charge in [0.1, 0.15) is 5.01 Å². The standard InChI is InChI=1S/C14H22N4S/c1-5-17(10-14-15-7-8-19-14)9-13-11(3)16-18(6-2)12(13)4/h7-8H,5-6,9-10H2,1-4H3. The van der Waals surface area contributed by atoms with Crippen LogP contribution in [0.25, 0.3) is 0 Å². The van der Waals surface area contributed by atoms with Gasteiger partial charge in [0, 0.05) is 35.9 Å². The molecule has 0 aliphatic rings. The molecule has 0 aliphatic heterocycles. The molecular weight excluding hydrogens is 256 g/mol. The smallest absolute Gasteiger partial charge is 0.107 e. The fourth-order valence-corrected chi connectivity index (χ4v) is 2.95. The molecule has 2 rings (SSSR count). The maximum atomic E-state index is 4.59. The van der Waals surface area contributed by atoms with Gasteiger partial charge < -0.3 is 0 Å². The van der Waals surface area contributed by atoms with Crippen LogP contribution in [0, 0.1) is 13.8 Å². The quantitative estimate of drug-likeness (QED) is 0.814. The van der Waals surface area contributed by atoms with Crippen LogP contribution in [0.2, 0.25) is 0 Å². The van der Waals surface area contributed by atoms with E-state index in [4.69, 9.17) is 0 Å². The number of hydrogen-bond donors (Lipinski definition) is 0. The highest BCUT2D eigenvalue weighted by Crippen LogP contribution is 2.17. The van der Waals surface area contributed by atoms with E-state index in [-0.39, 0.29) is 0 Å². The van der Waals surface area contributed by atoms with Crippen molar-refractivity contribution in [2.24, 2.45) is 0 Å². The van der Waals surface area contributed by atoms with Crippen LogP contribution in [0.3, 0.4) is 0 Å². The average molecular weight is 278 g/mol. The van der Waals surface area contributed by atoms with E-state index in [0.717, 1.165) is 31.9 Å². The molecule has 0 fully saturated rings. The topological polar surface area (TPSA) is 34.0 Å².